The van der Waals surface area contributed by atoms with Gasteiger partial charge in [-0.1, -0.05) is 52.4 Å². The van der Waals surface area contributed by atoms with Crippen LogP contribution < -0.4 is 16.0 Å². The summed E-state index contributed by atoms with van der Waals surface area (Å²) in [6.07, 6.45) is 10.9. The molecule has 1 aromatic carbocycles. The monoisotopic (exact) mass is 384 g/mol. The zero-order chi connectivity index (χ0) is 20.8. The van der Waals surface area contributed by atoms with Gasteiger partial charge in [0, 0.05) is 30.5 Å². The molecule has 1 aromatic rings. The maximum atomic E-state index is 11.9. The van der Waals surface area contributed by atoms with E-state index in [4.69, 9.17) is 5.73 Å². The van der Waals surface area contributed by atoms with E-state index in [-0.39, 0.29) is 5.91 Å². The molecule has 0 saturated carbocycles. The van der Waals surface area contributed by atoms with Crippen LogP contribution in [-0.4, -0.2) is 19.0 Å². The molecular weight excluding hydrogens is 348 g/mol. The fraction of sp³-hybridized carbons (Fsp3) is 0.565. The van der Waals surface area contributed by atoms with Crippen LogP contribution in [0, 0.1) is 11.3 Å². The highest BCUT2D eigenvalue weighted by Gasteiger charge is 2.13. The molecule has 0 saturated heterocycles. The zero-order valence-corrected chi connectivity index (χ0v) is 17.8. The molecule has 1 rings (SSSR count). The van der Waals surface area contributed by atoms with E-state index in [0.29, 0.717) is 16.9 Å². The quantitative estimate of drug-likeness (QED) is 0.356. The molecule has 0 radical (unpaired) electrons. The second kappa shape index (κ2) is 13.7. The van der Waals surface area contributed by atoms with E-state index in [2.05, 4.69) is 30.1 Å². The minimum absolute atomic E-state index is 0.285. The van der Waals surface area contributed by atoms with E-state index in [1.165, 1.54) is 44.6 Å². The predicted molar refractivity (Wildman–Crippen MR) is 118 cm³/mol. The van der Waals surface area contributed by atoms with Crippen LogP contribution >= 0.6 is 0 Å². The number of hydrogen-bond acceptors (Lipinski definition) is 4. The van der Waals surface area contributed by atoms with Gasteiger partial charge in [-0.2, -0.15) is 5.26 Å². The molecule has 0 atom stereocenters. The molecule has 154 valence electrons. The van der Waals surface area contributed by atoms with Gasteiger partial charge in [0.1, 0.15) is 6.07 Å². The Labute approximate surface area is 170 Å². The van der Waals surface area contributed by atoms with Gasteiger partial charge in [0.2, 0.25) is 5.91 Å². The summed E-state index contributed by atoms with van der Waals surface area (Å²) in [5, 5.41) is 12.4. The first-order valence-electron chi connectivity index (χ1n) is 10.6. The Morgan fingerprint density at radius 2 is 1.71 bits per heavy atom. The lowest BCUT2D eigenvalue weighted by atomic mass is 10.1. The summed E-state index contributed by atoms with van der Waals surface area (Å²) in [5.41, 5.74) is 8.15. The highest BCUT2D eigenvalue weighted by Crippen LogP contribution is 2.25. The molecule has 28 heavy (non-hydrogen) atoms. The van der Waals surface area contributed by atoms with Crippen molar-refractivity contribution in [2.75, 3.05) is 23.3 Å². The maximum absolute atomic E-state index is 11.9. The number of nitrogens with two attached hydrogens (primary N) is 1. The molecule has 0 aliphatic rings. The van der Waals surface area contributed by atoms with E-state index >= 15 is 0 Å². The normalized spacial score (nSPS) is 11.1. The van der Waals surface area contributed by atoms with E-state index in [0.717, 1.165) is 31.6 Å². The fourth-order valence-corrected chi connectivity index (χ4v) is 3.18. The highest BCUT2D eigenvalue weighted by atomic mass is 16.1. The number of rotatable bonds is 13. The van der Waals surface area contributed by atoms with Gasteiger partial charge in [-0.05, 0) is 38.0 Å². The van der Waals surface area contributed by atoms with Gasteiger partial charge in [0.25, 0.3) is 0 Å². The van der Waals surface area contributed by atoms with Gasteiger partial charge in [-0.3, -0.25) is 4.79 Å². The lowest BCUT2D eigenvalue weighted by molar-refractivity contribution is -0.111. The number of unbranched alkanes of at least 4 members (excludes halogenated alkanes) is 6. The molecule has 1 amide bonds. The fourth-order valence-electron chi connectivity index (χ4n) is 3.18. The summed E-state index contributed by atoms with van der Waals surface area (Å²) in [5.74, 6) is -0.285. The smallest absolute Gasteiger partial charge is 0.250 e. The highest BCUT2D eigenvalue weighted by molar-refractivity contribution is 5.99. The third kappa shape index (κ3) is 8.94. The number of anilines is 2. The summed E-state index contributed by atoms with van der Waals surface area (Å²) < 4.78 is 0. The number of amides is 1. The van der Waals surface area contributed by atoms with E-state index in [1.807, 2.05) is 12.1 Å². The van der Waals surface area contributed by atoms with E-state index < -0.39 is 0 Å². The number of nitrogens with zero attached hydrogens (tertiary/aromatic N) is 2. The Hall–Kier alpha value is -2.48. The first-order valence-corrected chi connectivity index (χ1v) is 10.6. The van der Waals surface area contributed by atoms with Crippen LogP contribution in [0.15, 0.2) is 30.0 Å². The lowest BCUT2D eigenvalue weighted by Crippen LogP contribution is -2.26. The molecule has 0 bridgehead atoms. The number of hydrogen-bond donors (Lipinski definition) is 2. The molecule has 0 aliphatic heterocycles. The topological polar surface area (TPSA) is 82.2 Å². The average Bonchev–Trinajstić information content (AvgIpc) is 2.66. The summed E-state index contributed by atoms with van der Waals surface area (Å²) in [6, 6.07) is 7.86. The lowest BCUT2D eigenvalue weighted by Gasteiger charge is -2.26. The molecule has 5 heteroatoms. The third-order valence-electron chi connectivity index (χ3n) is 4.65. The average molecular weight is 385 g/mol. The van der Waals surface area contributed by atoms with Crippen LogP contribution in [0.5, 0.6) is 0 Å². The largest absolute Gasteiger partial charge is 0.402 e. The van der Waals surface area contributed by atoms with Crippen molar-refractivity contribution in [3.8, 4) is 6.07 Å². The Balaban J connectivity index is 2.92. The maximum Gasteiger partial charge on any atom is 0.250 e. The van der Waals surface area contributed by atoms with Crippen molar-refractivity contribution in [2.45, 2.75) is 72.1 Å². The van der Waals surface area contributed by atoms with Crippen LogP contribution in [0.3, 0.4) is 0 Å². The molecule has 0 aromatic heterocycles. The molecular formula is C23H36N4O. The second-order valence-corrected chi connectivity index (χ2v) is 7.33. The van der Waals surface area contributed by atoms with Crippen molar-refractivity contribution in [3.05, 3.63) is 35.5 Å². The van der Waals surface area contributed by atoms with Gasteiger partial charge < -0.3 is 16.0 Å². The molecule has 0 heterocycles. The molecule has 3 N–H and O–H groups in total. The first kappa shape index (κ1) is 23.6. The van der Waals surface area contributed by atoms with Crippen LogP contribution in [0.2, 0.25) is 0 Å². The molecule has 0 unspecified atom stereocenters. The molecule has 0 fully saturated rings. The molecule has 5 nitrogen and oxygen atoms in total. The van der Waals surface area contributed by atoms with E-state index in [1.54, 1.807) is 13.0 Å². The van der Waals surface area contributed by atoms with Gasteiger partial charge in [0.15, 0.2) is 0 Å². The minimum Gasteiger partial charge on any atom is -0.402 e. The third-order valence-corrected chi connectivity index (χ3v) is 4.65. The van der Waals surface area contributed by atoms with Gasteiger partial charge in [-0.25, -0.2) is 0 Å². The predicted octanol–water partition coefficient (Wildman–Crippen LogP) is 5.33. The van der Waals surface area contributed by atoms with Crippen LogP contribution in [0.1, 0.15) is 77.7 Å². The summed E-state index contributed by atoms with van der Waals surface area (Å²) in [7, 11) is 0. The number of benzene rings is 1. The number of nitriles is 1. The van der Waals surface area contributed by atoms with Crippen molar-refractivity contribution < 1.29 is 4.79 Å². The van der Waals surface area contributed by atoms with Crippen molar-refractivity contribution >= 4 is 17.3 Å². The summed E-state index contributed by atoms with van der Waals surface area (Å²) in [4.78, 5) is 14.2. The Morgan fingerprint density at radius 1 is 1.11 bits per heavy atom. The van der Waals surface area contributed by atoms with Crippen molar-refractivity contribution in [1.29, 1.82) is 5.26 Å². The van der Waals surface area contributed by atoms with Gasteiger partial charge in [0.05, 0.1) is 11.3 Å². The SMILES string of the molecule is CCCCCCN(CCCCCC)c1ccc(NC(=O)C=C(C)N)cc1C#N. The molecule has 0 aliphatic carbocycles. The van der Waals surface area contributed by atoms with Gasteiger partial charge in [-0.15, -0.1) is 0 Å². The van der Waals surface area contributed by atoms with Crippen molar-refractivity contribution in [3.63, 3.8) is 0 Å². The van der Waals surface area contributed by atoms with E-state index in [9.17, 15) is 10.1 Å². The van der Waals surface area contributed by atoms with Crippen LogP contribution in [0.4, 0.5) is 11.4 Å². The number of allylic oxidation sites excluding steroid dienone is 1. The molecule has 0 spiro atoms. The summed E-state index contributed by atoms with van der Waals surface area (Å²) >= 11 is 0. The standard InChI is InChI=1S/C23H36N4O/c1-4-6-8-10-14-27(15-11-9-7-5-2)22-13-12-21(17-20(22)18-24)26-23(28)16-19(3)25/h12-13,16-17H,4-11,14-15,25H2,1-3H3,(H,26,28). The number of carbonyl (C=O) groups excluding carboxylic acids is 1. The minimum atomic E-state index is -0.285. The van der Waals surface area contributed by atoms with Crippen molar-refractivity contribution in [2.24, 2.45) is 5.73 Å². The Kier molecular flexibility index (Phi) is 11.5. The van der Waals surface area contributed by atoms with Crippen molar-refractivity contribution in [1.82, 2.24) is 0 Å². The Bertz CT molecular complexity index is 660. The number of nitrogens with one attached hydrogen (secondary N) is 1. The number of carbonyl (C=O) groups is 1. The Morgan fingerprint density at radius 3 is 2.21 bits per heavy atom. The van der Waals surface area contributed by atoms with Gasteiger partial charge >= 0.3 is 0 Å². The summed E-state index contributed by atoms with van der Waals surface area (Å²) in [6.45, 7) is 8.01. The second-order valence-electron chi connectivity index (χ2n) is 7.33. The van der Waals surface area contributed by atoms with Crippen LogP contribution in [-0.2, 0) is 4.79 Å². The van der Waals surface area contributed by atoms with Crippen LogP contribution in [0.25, 0.3) is 0 Å². The zero-order valence-electron chi connectivity index (χ0n) is 17.8. The first-order chi connectivity index (χ1) is 13.5.